The van der Waals surface area contributed by atoms with Crippen molar-refractivity contribution in [2.45, 2.75) is 32.2 Å². The molecule has 1 fully saturated rings. The molecule has 2 aliphatic heterocycles. The van der Waals surface area contributed by atoms with Crippen molar-refractivity contribution in [3.05, 3.63) is 35.0 Å². The molecule has 0 saturated carbocycles. The summed E-state index contributed by atoms with van der Waals surface area (Å²) in [4.78, 5) is 12.8. The van der Waals surface area contributed by atoms with Crippen molar-refractivity contribution in [3.63, 3.8) is 0 Å². The zero-order chi connectivity index (χ0) is 22.5. The number of hydrogen-bond acceptors (Lipinski definition) is 8. The minimum Gasteiger partial charge on any atom is -0.492 e. The highest BCUT2D eigenvalue weighted by molar-refractivity contribution is 7.90. The summed E-state index contributed by atoms with van der Waals surface area (Å²) in [6, 6.07) is 6.63. The van der Waals surface area contributed by atoms with Gasteiger partial charge < -0.3 is 9.64 Å². The van der Waals surface area contributed by atoms with Crippen molar-refractivity contribution < 1.29 is 13.2 Å². The number of rotatable bonds is 6. The first kappa shape index (κ1) is 21.5. The van der Waals surface area contributed by atoms with Gasteiger partial charge in [0.25, 0.3) is 0 Å². The van der Waals surface area contributed by atoms with E-state index in [9.17, 15) is 8.42 Å². The van der Waals surface area contributed by atoms with Crippen LogP contribution in [-0.4, -0.2) is 71.3 Å². The molecular weight excluding hydrogens is 446 g/mol. The molecule has 0 N–H and O–H groups in total. The maximum atomic E-state index is 11.4. The molecule has 0 radical (unpaired) electrons. The summed E-state index contributed by atoms with van der Waals surface area (Å²) in [7, 11) is -2.92. The number of fused-ring (bicyclic) bond motifs is 3. The van der Waals surface area contributed by atoms with Gasteiger partial charge in [-0.2, -0.15) is 5.10 Å². The third-order valence-electron chi connectivity index (χ3n) is 6.01. The standard InChI is InChI=1S/C22H27N5O3S2/c1-14(2)27-21(23-13-24-27)22-25-20-17-5-4-15(10-18(17)30-8-6-19(20)31-22)16-11-26(12-16)7-9-32(3,28)29/h4-5,10,13-14,16H,6-9,11-12H2,1-3H3. The first-order valence-electron chi connectivity index (χ1n) is 10.9. The Balaban J connectivity index is 1.37. The Morgan fingerprint density at radius 3 is 2.84 bits per heavy atom. The number of nitrogens with zero attached hydrogens (tertiary/aromatic N) is 5. The molecule has 8 nitrogen and oxygen atoms in total. The van der Waals surface area contributed by atoms with Crippen LogP contribution in [0.4, 0.5) is 0 Å². The molecule has 0 aliphatic carbocycles. The normalized spacial score (nSPS) is 16.9. The van der Waals surface area contributed by atoms with E-state index in [4.69, 9.17) is 9.72 Å². The van der Waals surface area contributed by atoms with Crippen molar-refractivity contribution in [2.24, 2.45) is 0 Å². The molecular formula is C22H27N5O3S2. The Labute approximate surface area is 192 Å². The number of aromatic nitrogens is 4. The minimum absolute atomic E-state index is 0.215. The summed E-state index contributed by atoms with van der Waals surface area (Å²) in [5, 5.41) is 5.24. The predicted molar refractivity (Wildman–Crippen MR) is 125 cm³/mol. The molecule has 170 valence electrons. The van der Waals surface area contributed by atoms with Crippen LogP contribution in [0.25, 0.3) is 22.1 Å². The van der Waals surface area contributed by atoms with Gasteiger partial charge in [-0.25, -0.2) is 23.1 Å². The van der Waals surface area contributed by atoms with Crippen LogP contribution in [0.1, 0.15) is 36.2 Å². The third kappa shape index (κ3) is 4.18. The van der Waals surface area contributed by atoms with E-state index < -0.39 is 9.84 Å². The lowest BCUT2D eigenvalue weighted by Crippen LogP contribution is -2.46. The summed E-state index contributed by atoms with van der Waals surface area (Å²) in [5.74, 6) is 2.30. The molecule has 1 aromatic carbocycles. The summed E-state index contributed by atoms with van der Waals surface area (Å²) in [6.45, 7) is 7.15. The van der Waals surface area contributed by atoms with Crippen LogP contribution in [0, 0.1) is 0 Å². The molecule has 0 bridgehead atoms. The first-order chi connectivity index (χ1) is 15.3. The summed E-state index contributed by atoms with van der Waals surface area (Å²) in [6.07, 6.45) is 3.69. The van der Waals surface area contributed by atoms with E-state index in [0.717, 1.165) is 47.3 Å². The van der Waals surface area contributed by atoms with Crippen molar-refractivity contribution in [1.82, 2.24) is 24.6 Å². The van der Waals surface area contributed by atoms with E-state index in [1.165, 1.54) is 16.7 Å². The monoisotopic (exact) mass is 473 g/mol. The van der Waals surface area contributed by atoms with Gasteiger partial charge in [-0.1, -0.05) is 6.07 Å². The van der Waals surface area contributed by atoms with Gasteiger partial charge in [0, 0.05) is 54.7 Å². The molecule has 0 spiro atoms. The van der Waals surface area contributed by atoms with Gasteiger partial charge in [0.15, 0.2) is 10.8 Å². The molecule has 3 aromatic rings. The fourth-order valence-electron chi connectivity index (χ4n) is 4.23. The van der Waals surface area contributed by atoms with Gasteiger partial charge in [-0.3, -0.25) is 0 Å². The maximum absolute atomic E-state index is 11.4. The van der Waals surface area contributed by atoms with Gasteiger partial charge >= 0.3 is 0 Å². The van der Waals surface area contributed by atoms with Crippen LogP contribution >= 0.6 is 11.3 Å². The van der Waals surface area contributed by atoms with E-state index in [-0.39, 0.29) is 11.8 Å². The predicted octanol–water partition coefficient (Wildman–Crippen LogP) is 3.03. The van der Waals surface area contributed by atoms with E-state index >= 15 is 0 Å². The Morgan fingerprint density at radius 1 is 1.28 bits per heavy atom. The van der Waals surface area contributed by atoms with Crippen LogP contribution in [0.3, 0.4) is 0 Å². The Hall–Kier alpha value is -2.30. The number of benzene rings is 1. The lowest BCUT2D eigenvalue weighted by molar-refractivity contribution is 0.158. The number of ether oxygens (including phenoxy) is 1. The maximum Gasteiger partial charge on any atom is 0.187 e. The molecule has 4 heterocycles. The van der Waals surface area contributed by atoms with Crippen LogP contribution in [0.2, 0.25) is 0 Å². The Kier molecular flexibility index (Phi) is 5.55. The topological polar surface area (TPSA) is 90.2 Å². The van der Waals surface area contributed by atoms with Crippen molar-refractivity contribution >= 4 is 21.2 Å². The van der Waals surface area contributed by atoms with Gasteiger partial charge in [0.05, 0.1) is 18.1 Å². The second-order valence-corrected chi connectivity index (χ2v) is 12.2. The Morgan fingerprint density at radius 2 is 2.09 bits per heavy atom. The molecule has 32 heavy (non-hydrogen) atoms. The highest BCUT2D eigenvalue weighted by Crippen LogP contribution is 2.42. The zero-order valence-electron chi connectivity index (χ0n) is 18.5. The number of likely N-dealkylation sites (tertiary alicyclic amines) is 1. The molecule has 5 rings (SSSR count). The second-order valence-electron chi connectivity index (χ2n) is 8.85. The lowest BCUT2D eigenvalue weighted by Gasteiger charge is -2.39. The average Bonchev–Trinajstić information content (AvgIpc) is 3.30. The fraction of sp³-hybridized carbons (Fsp3) is 0.500. The van der Waals surface area contributed by atoms with Crippen molar-refractivity contribution in [2.75, 3.05) is 38.2 Å². The highest BCUT2D eigenvalue weighted by atomic mass is 32.2. The molecule has 10 heteroatoms. The third-order valence-corrected chi connectivity index (χ3v) is 8.04. The second kappa shape index (κ2) is 8.24. The van der Waals surface area contributed by atoms with E-state index in [0.29, 0.717) is 19.1 Å². The zero-order valence-corrected chi connectivity index (χ0v) is 20.1. The van der Waals surface area contributed by atoms with Gasteiger partial charge in [0.1, 0.15) is 21.9 Å². The molecule has 1 saturated heterocycles. The molecule has 0 atom stereocenters. The molecule has 2 aromatic heterocycles. The average molecular weight is 474 g/mol. The molecule has 0 unspecified atom stereocenters. The first-order valence-corrected chi connectivity index (χ1v) is 13.7. The fourth-order valence-corrected chi connectivity index (χ4v) is 5.86. The van der Waals surface area contributed by atoms with Crippen LogP contribution in [0.15, 0.2) is 24.5 Å². The smallest absolute Gasteiger partial charge is 0.187 e. The van der Waals surface area contributed by atoms with Gasteiger partial charge in [0.2, 0.25) is 0 Å². The Bertz CT molecular complexity index is 1240. The van der Waals surface area contributed by atoms with Gasteiger partial charge in [-0.05, 0) is 31.5 Å². The number of thiazole rings is 1. The minimum atomic E-state index is -2.92. The van der Waals surface area contributed by atoms with Crippen LogP contribution in [0.5, 0.6) is 5.75 Å². The van der Waals surface area contributed by atoms with Crippen molar-refractivity contribution in [3.8, 4) is 27.8 Å². The quantitative estimate of drug-likeness (QED) is 0.543. The summed E-state index contributed by atoms with van der Waals surface area (Å²) in [5.41, 5.74) is 3.23. The SMILES string of the molecule is CC(C)n1ncnc1-c1nc2c(s1)CCOc1cc(C3CN(CCS(C)(=O)=O)C3)ccc1-2. The van der Waals surface area contributed by atoms with Crippen LogP contribution < -0.4 is 4.74 Å². The van der Waals surface area contributed by atoms with E-state index in [1.54, 1.807) is 17.7 Å². The summed E-state index contributed by atoms with van der Waals surface area (Å²) >= 11 is 1.67. The highest BCUT2D eigenvalue weighted by Gasteiger charge is 2.30. The molecule has 2 aliphatic rings. The van der Waals surface area contributed by atoms with E-state index in [2.05, 4.69) is 47.0 Å². The largest absolute Gasteiger partial charge is 0.492 e. The summed E-state index contributed by atoms with van der Waals surface area (Å²) < 4.78 is 30.8. The number of hydrogen-bond donors (Lipinski definition) is 0. The number of sulfone groups is 1. The van der Waals surface area contributed by atoms with E-state index in [1.807, 2.05) is 4.68 Å². The van der Waals surface area contributed by atoms with Crippen LogP contribution in [-0.2, 0) is 16.3 Å². The lowest BCUT2D eigenvalue weighted by atomic mass is 9.90. The van der Waals surface area contributed by atoms with Crippen molar-refractivity contribution in [1.29, 1.82) is 0 Å². The van der Waals surface area contributed by atoms with Gasteiger partial charge in [-0.15, -0.1) is 11.3 Å². The molecule has 0 amide bonds.